The van der Waals surface area contributed by atoms with Gasteiger partial charge >= 0.3 is 0 Å². The number of rotatable bonds is 1. The molecule has 0 unspecified atom stereocenters. The number of hydrogen-bond donors (Lipinski definition) is 2. The summed E-state index contributed by atoms with van der Waals surface area (Å²) < 4.78 is 0. The predicted molar refractivity (Wildman–Crippen MR) is 58.5 cm³/mol. The van der Waals surface area contributed by atoms with Crippen molar-refractivity contribution in [2.75, 3.05) is 30.3 Å². The van der Waals surface area contributed by atoms with Gasteiger partial charge in [0.15, 0.2) is 0 Å². The van der Waals surface area contributed by atoms with Crippen LogP contribution in [0, 0.1) is 0 Å². The summed E-state index contributed by atoms with van der Waals surface area (Å²) >= 11 is 0. The SMILES string of the molecule is Nc1ccc(N2CCCNC(=O)C2)nc1. The summed E-state index contributed by atoms with van der Waals surface area (Å²) in [6.07, 6.45) is 2.55. The Kier molecular flexibility index (Phi) is 2.71. The zero-order valence-corrected chi connectivity index (χ0v) is 8.44. The minimum Gasteiger partial charge on any atom is -0.397 e. The van der Waals surface area contributed by atoms with Gasteiger partial charge in [-0.05, 0) is 18.6 Å². The molecule has 1 aliphatic rings. The van der Waals surface area contributed by atoms with Gasteiger partial charge in [0.1, 0.15) is 5.82 Å². The zero-order chi connectivity index (χ0) is 10.7. The molecular weight excluding hydrogens is 192 g/mol. The van der Waals surface area contributed by atoms with Crippen molar-refractivity contribution in [1.29, 1.82) is 0 Å². The number of nitrogen functional groups attached to an aromatic ring is 1. The molecule has 0 aliphatic carbocycles. The Morgan fingerprint density at radius 1 is 1.47 bits per heavy atom. The average molecular weight is 206 g/mol. The molecule has 80 valence electrons. The molecule has 5 nitrogen and oxygen atoms in total. The number of hydrogen-bond acceptors (Lipinski definition) is 4. The molecule has 0 radical (unpaired) electrons. The van der Waals surface area contributed by atoms with Crippen LogP contribution in [0.15, 0.2) is 18.3 Å². The number of nitrogens with two attached hydrogens (primary N) is 1. The van der Waals surface area contributed by atoms with Gasteiger partial charge in [0, 0.05) is 13.1 Å². The second kappa shape index (κ2) is 4.16. The van der Waals surface area contributed by atoms with Crippen LogP contribution in [0.25, 0.3) is 0 Å². The second-order valence-corrected chi connectivity index (χ2v) is 3.57. The number of pyridine rings is 1. The molecule has 1 aromatic rings. The third kappa shape index (κ3) is 2.37. The Balaban J connectivity index is 2.14. The van der Waals surface area contributed by atoms with Gasteiger partial charge in [-0.2, -0.15) is 0 Å². The van der Waals surface area contributed by atoms with Gasteiger partial charge in [-0.3, -0.25) is 4.79 Å². The second-order valence-electron chi connectivity index (χ2n) is 3.57. The first kappa shape index (κ1) is 9.76. The first-order valence-electron chi connectivity index (χ1n) is 4.99. The lowest BCUT2D eigenvalue weighted by Crippen LogP contribution is -2.33. The molecular formula is C10H14N4O. The normalized spacial score (nSPS) is 17.1. The number of amides is 1. The van der Waals surface area contributed by atoms with Crippen LogP contribution in [0.3, 0.4) is 0 Å². The van der Waals surface area contributed by atoms with E-state index in [0.717, 1.165) is 25.3 Å². The topological polar surface area (TPSA) is 71.2 Å². The quantitative estimate of drug-likeness (QED) is 0.678. The number of nitrogens with zero attached hydrogens (tertiary/aromatic N) is 2. The monoisotopic (exact) mass is 206 g/mol. The standard InChI is InChI=1S/C10H14N4O/c11-8-2-3-9(13-6-8)14-5-1-4-12-10(15)7-14/h2-3,6H,1,4-5,7,11H2,(H,12,15). The fourth-order valence-corrected chi connectivity index (χ4v) is 1.59. The van der Waals surface area contributed by atoms with E-state index in [2.05, 4.69) is 10.3 Å². The molecule has 15 heavy (non-hydrogen) atoms. The third-order valence-corrected chi connectivity index (χ3v) is 2.36. The molecule has 2 heterocycles. The van der Waals surface area contributed by atoms with Crippen LogP contribution < -0.4 is 16.0 Å². The highest BCUT2D eigenvalue weighted by Crippen LogP contribution is 2.13. The van der Waals surface area contributed by atoms with Crippen LogP contribution in [0.5, 0.6) is 0 Å². The maximum Gasteiger partial charge on any atom is 0.239 e. The number of carbonyl (C=O) groups excluding carboxylic acids is 1. The lowest BCUT2D eigenvalue weighted by Gasteiger charge is -2.19. The number of aromatic nitrogens is 1. The van der Waals surface area contributed by atoms with Crippen molar-refractivity contribution < 1.29 is 4.79 Å². The summed E-state index contributed by atoms with van der Waals surface area (Å²) in [7, 11) is 0. The Hall–Kier alpha value is -1.78. The summed E-state index contributed by atoms with van der Waals surface area (Å²) in [5.74, 6) is 0.854. The van der Waals surface area contributed by atoms with E-state index >= 15 is 0 Å². The molecule has 0 aromatic carbocycles. The summed E-state index contributed by atoms with van der Waals surface area (Å²) in [6.45, 7) is 1.96. The average Bonchev–Trinajstić information content (AvgIpc) is 2.44. The fourth-order valence-electron chi connectivity index (χ4n) is 1.59. The zero-order valence-electron chi connectivity index (χ0n) is 8.44. The molecule has 0 atom stereocenters. The minimum absolute atomic E-state index is 0.0473. The van der Waals surface area contributed by atoms with Crippen LogP contribution in [-0.4, -0.2) is 30.5 Å². The molecule has 0 spiro atoms. The molecule has 0 bridgehead atoms. The van der Waals surface area contributed by atoms with E-state index in [1.807, 2.05) is 11.0 Å². The van der Waals surface area contributed by atoms with E-state index in [1.54, 1.807) is 12.3 Å². The van der Waals surface area contributed by atoms with Crippen molar-refractivity contribution in [3.8, 4) is 0 Å². The van der Waals surface area contributed by atoms with Crippen molar-refractivity contribution >= 4 is 17.4 Å². The maximum absolute atomic E-state index is 11.3. The summed E-state index contributed by atoms with van der Waals surface area (Å²) in [5.41, 5.74) is 6.19. The molecule has 1 amide bonds. The predicted octanol–water partition coefficient (Wildman–Crippen LogP) is -0.00990. The van der Waals surface area contributed by atoms with Gasteiger partial charge in [0.25, 0.3) is 0 Å². The molecule has 1 fully saturated rings. The number of nitrogens with one attached hydrogen (secondary N) is 1. The van der Waals surface area contributed by atoms with Crippen LogP contribution in [0.4, 0.5) is 11.5 Å². The fraction of sp³-hybridized carbons (Fsp3) is 0.400. The van der Waals surface area contributed by atoms with Gasteiger partial charge < -0.3 is 16.0 Å². The van der Waals surface area contributed by atoms with Crippen molar-refractivity contribution in [1.82, 2.24) is 10.3 Å². The largest absolute Gasteiger partial charge is 0.397 e. The summed E-state index contributed by atoms with van der Waals surface area (Å²) in [6, 6.07) is 3.64. The van der Waals surface area contributed by atoms with Gasteiger partial charge in [-0.15, -0.1) is 0 Å². The lowest BCUT2D eigenvalue weighted by molar-refractivity contribution is -0.119. The van der Waals surface area contributed by atoms with E-state index in [9.17, 15) is 4.79 Å². The molecule has 1 aliphatic heterocycles. The maximum atomic E-state index is 11.3. The molecule has 1 saturated heterocycles. The van der Waals surface area contributed by atoms with E-state index in [1.165, 1.54) is 0 Å². The first-order chi connectivity index (χ1) is 7.25. The minimum atomic E-state index is 0.0473. The van der Waals surface area contributed by atoms with Crippen LogP contribution in [0.1, 0.15) is 6.42 Å². The first-order valence-corrected chi connectivity index (χ1v) is 4.99. The van der Waals surface area contributed by atoms with Crippen molar-refractivity contribution in [2.24, 2.45) is 0 Å². The number of anilines is 2. The summed E-state index contributed by atoms with van der Waals surface area (Å²) in [4.78, 5) is 17.5. The molecule has 3 N–H and O–H groups in total. The molecule has 0 saturated carbocycles. The van der Waals surface area contributed by atoms with Crippen molar-refractivity contribution in [2.45, 2.75) is 6.42 Å². The van der Waals surface area contributed by atoms with Crippen molar-refractivity contribution in [3.05, 3.63) is 18.3 Å². The lowest BCUT2D eigenvalue weighted by atomic mass is 10.3. The highest BCUT2D eigenvalue weighted by molar-refractivity contribution is 5.81. The summed E-state index contributed by atoms with van der Waals surface area (Å²) in [5, 5.41) is 2.82. The smallest absolute Gasteiger partial charge is 0.239 e. The van der Waals surface area contributed by atoms with Gasteiger partial charge in [0.2, 0.25) is 5.91 Å². The van der Waals surface area contributed by atoms with Crippen LogP contribution in [0.2, 0.25) is 0 Å². The third-order valence-electron chi connectivity index (χ3n) is 2.36. The van der Waals surface area contributed by atoms with E-state index < -0.39 is 0 Å². The molecule has 5 heteroatoms. The Labute approximate surface area is 88.3 Å². The van der Waals surface area contributed by atoms with Crippen LogP contribution >= 0.6 is 0 Å². The van der Waals surface area contributed by atoms with Gasteiger partial charge in [0.05, 0.1) is 18.4 Å². The van der Waals surface area contributed by atoms with E-state index in [4.69, 9.17) is 5.73 Å². The van der Waals surface area contributed by atoms with E-state index in [0.29, 0.717) is 12.2 Å². The van der Waals surface area contributed by atoms with Gasteiger partial charge in [-0.25, -0.2) is 4.98 Å². The Morgan fingerprint density at radius 2 is 2.33 bits per heavy atom. The Bertz CT molecular complexity index is 349. The van der Waals surface area contributed by atoms with Crippen LogP contribution in [-0.2, 0) is 4.79 Å². The Morgan fingerprint density at radius 3 is 3.07 bits per heavy atom. The molecule has 1 aromatic heterocycles. The highest BCUT2D eigenvalue weighted by Gasteiger charge is 2.15. The van der Waals surface area contributed by atoms with Gasteiger partial charge in [-0.1, -0.05) is 0 Å². The van der Waals surface area contributed by atoms with E-state index in [-0.39, 0.29) is 5.91 Å². The highest BCUT2D eigenvalue weighted by atomic mass is 16.2. The molecule has 2 rings (SSSR count). The van der Waals surface area contributed by atoms with Crippen molar-refractivity contribution in [3.63, 3.8) is 0 Å². The number of carbonyl (C=O) groups is 1.